The Balaban J connectivity index is 1.79. The Morgan fingerprint density at radius 1 is 1.09 bits per heavy atom. The number of carbonyl (C=O) groups excluding carboxylic acids is 2. The predicted octanol–water partition coefficient (Wildman–Crippen LogP) is 5.15. The Morgan fingerprint density at radius 3 is 2.32 bits per heavy atom. The second-order valence-electron chi connectivity index (χ2n) is 9.65. The van der Waals surface area contributed by atoms with E-state index in [-0.39, 0.29) is 11.8 Å². The predicted molar refractivity (Wildman–Crippen MR) is 127 cm³/mol. The number of rotatable bonds is 6. The van der Waals surface area contributed by atoms with Crippen LogP contribution in [0.5, 0.6) is 5.75 Å². The second-order valence-corrected chi connectivity index (χ2v) is 9.65. The molecule has 8 heteroatoms. The fraction of sp³-hybridized carbons (Fsp3) is 0.462. The first kappa shape index (κ1) is 25.5. The van der Waals surface area contributed by atoms with E-state index in [1.807, 2.05) is 13.8 Å². The van der Waals surface area contributed by atoms with Crippen molar-refractivity contribution in [3.05, 3.63) is 53.8 Å². The van der Waals surface area contributed by atoms with Crippen molar-refractivity contribution in [1.82, 2.24) is 9.96 Å². The molecule has 0 saturated carbocycles. The molecule has 2 amide bonds. The Hall–Kier alpha value is -3.13. The topological polar surface area (TPSA) is 68.3 Å². The highest BCUT2D eigenvalue weighted by molar-refractivity contribution is 5.94. The van der Waals surface area contributed by atoms with Crippen LogP contribution in [0.2, 0.25) is 0 Å². The summed E-state index contributed by atoms with van der Waals surface area (Å²) in [5.74, 6) is -0.0817. The smallest absolute Gasteiger partial charge is 0.442 e. The molecular weight excluding hydrogens is 439 g/mol. The first-order valence-corrected chi connectivity index (χ1v) is 11.5. The van der Waals surface area contributed by atoms with E-state index in [0.29, 0.717) is 55.3 Å². The van der Waals surface area contributed by atoms with Gasteiger partial charge in [-0.3, -0.25) is 4.79 Å². The number of morpholine rings is 1. The lowest BCUT2D eigenvalue weighted by molar-refractivity contribution is -0.0777. The van der Waals surface area contributed by atoms with Crippen molar-refractivity contribution in [1.29, 1.82) is 0 Å². The number of amides is 2. The summed E-state index contributed by atoms with van der Waals surface area (Å²) in [6.45, 7) is 11.7. The normalized spacial score (nSPS) is 14.1. The lowest BCUT2D eigenvalue weighted by Crippen LogP contribution is -2.41. The maximum Gasteiger partial charge on any atom is 0.443 e. The van der Waals surface area contributed by atoms with Crippen LogP contribution in [0.15, 0.2) is 42.5 Å². The standard InChI is InChI=1S/C26H33FN2O5/c1-18(2)17-29(25(31)33-26(3,4)5)34-21-10-11-23(27)22(16-21)19-6-8-20(9-7-19)24(30)28-12-14-32-15-13-28/h6-11,16,18H,12-15,17H2,1-5H3. The van der Waals surface area contributed by atoms with Crippen LogP contribution in [0.3, 0.4) is 0 Å². The highest BCUT2D eigenvalue weighted by atomic mass is 19.1. The summed E-state index contributed by atoms with van der Waals surface area (Å²) in [5.41, 5.74) is 0.751. The maximum absolute atomic E-state index is 14.7. The first-order chi connectivity index (χ1) is 16.0. The zero-order valence-corrected chi connectivity index (χ0v) is 20.5. The lowest BCUT2D eigenvalue weighted by atomic mass is 10.0. The number of hydrogen-bond donors (Lipinski definition) is 0. The highest BCUT2D eigenvalue weighted by Crippen LogP contribution is 2.28. The molecule has 1 saturated heterocycles. The van der Waals surface area contributed by atoms with Gasteiger partial charge in [0, 0.05) is 24.2 Å². The van der Waals surface area contributed by atoms with E-state index in [0.717, 1.165) is 5.06 Å². The Bertz CT molecular complexity index is 995. The summed E-state index contributed by atoms with van der Waals surface area (Å²) in [4.78, 5) is 32.8. The monoisotopic (exact) mass is 472 g/mol. The molecule has 1 aliphatic rings. The van der Waals surface area contributed by atoms with Crippen LogP contribution in [0.1, 0.15) is 45.0 Å². The zero-order valence-electron chi connectivity index (χ0n) is 20.5. The summed E-state index contributed by atoms with van der Waals surface area (Å²) in [5, 5.41) is 1.15. The number of benzene rings is 2. The van der Waals surface area contributed by atoms with Crippen LogP contribution in [0, 0.1) is 11.7 Å². The molecule has 0 spiro atoms. The van der Waals surface area contributed by atoms with Crippen LogP contribution < -0.4 is 4.84 Å². The summed E-state index contributed by atoms with van der Waals surface area (Å²) in [6, 6.07) is 11.1. The number of halogens is 1. The number of ether oxygens (including phenoxy) is 2. The van der Waals surface area contributed by atoms with E-state index in [4.69, 9.17) is 14.3 Å². The molecule has 0 radical (unpaired) electrons. The van der Waals surface area contributed by atoms with Gasteiger partial charge >= 0.3 is 6.09 Å². The van der Waals surface area contributed by atoms with Gasteiger partial charge in [-0.1, -0.05) is 26.0 Å². The largest absolute Gasteiger partial charge is 0.443 e. The van der Waals surface area contributed by atoms with Crippen LogP contribution in [-0.4, -0.2) is 60.4 Å². The van der Waals surface area contributed by atoms with E-state index in [2.05, 4.69) is 0 Å². The minimum atomic E-state index is -0.677. The number of carbonyl (C=O) groups is 2. The molecule has 0 aliphatic carbocycles. The van der Waals surface area contributed by atoms with E-state index >= 15 is 0 Å². The minimum Gasteiger partial charge on any atom is -0.442 e. The van der Waals surface area contributed by atoms with Crippen LogP contribution in [0.25, 0.3) is 11.1 Å². The van der Waals surface area contributed by atoms with Crippen molar-refractivity contribution in [3.8, 4) is 16.9 Å². The van der Waals surface area contributed by atoms with Gasteiger partial charge < -0.3 is 19.2 Å². The average molecular weight is 473 g/mol. The van der Waals surface area contributed by atoms with Gasteiger partial charge in [0.25, 0.3) is 5.91 Å². The maximum atomic E-state index is 14.7. The fourth-order valence-electron chi connectivity index (χ4n) is 3.44. The van der Waals surface area contributed by atoms with Crippen molar-refractivity contribution < 1.29 is 28.3 Å². The van der Waals surface area contributed by atoms with Crippen LogP contribution in [-0.2, 0) is 9.47 Å². The Kier molecular flexibility index (Phi) is 8.15. The molecule has 184 valence electrons. The third-order valence-electron chi connectivity index (χ3n) is 5.02. The van der Waals surface area contributed by atoms with Gasteiger partial charge in [-0.25, -0.2) is 9.18 Å². The zero-order chi connectivity index (χ0) is 24.9. The molecule has 0 N–H and O–H groups in total. The number of hydroxylamine groups is 2. The number of hydrogen-bond acceptors (Lipinski definition) is 5. The Labute approximate surface area is 200 Å². The summed E-state index contributed by atoms with van der Waals surface area (Å²) in [6.07, 6.45) is -0.613. The van der Waals surface area contributed by atoms with Crippen molar-refractivity contribution in [2.24, 2.45) is 5.92 Å². The van der Waals surface area contributed by atoms with E-state index in [9.17, 15) is 14.0 Å². The summed E-state index contributed by atoms with van der Waals surface area (Å²) >= 11 is 0. The molecule has 0 unspecified atom stereocenters. The van der Waals surface area contributed by atoms with Gasteiger partial charge in [-0.15, -0.1) is 5.06 Å². The molecule has 34 heavy (non-hydrogen) atoms. The SMILES string of the molecule is CC(C)CN(Oc1ccc(F)c(-c2ccc(C(=O)N3CCOCC3)cc2)c1)C(=O)OC(C)(C)C. The molecule has 3 rings (SSSR count). The summed E-state index contributed by atoms with van der Waals surface area (Å²) < 4.78 is 25.4. The molecule has 0 bridgehead atoms. The third kappa shape index (κ3) is 6.93. The van der Waals surface area contributed by atoms with Crippen LogP contribution >= 0.6 is 0 Å². The fourth-order valence-corrected chi connectivity index (χ4v) is 3.44. The van der Waals surface area contributed by atoms with E-state index < -0.39 is 17.5 Å². The Morgan fingerprint density at radius 2 is 1.74 bits per heavy atom. The molecule has 0 atom stereocenters. The third-order valence-corrected chi connectivity index (χ3v) is 5.02. The van der Waals surface area contributed by atoms with Crippen molar-refractivity contribution in [2.45, 2.75) is 40.2 Å². The molecule has 2 aromatic rings. The van der Waals surface area contributed by atoms with Crippen LogP contribution in [0.4, 0.5) is 9.18 Å². The lowest BCUT2D eigenvalue weighted by Gasteiger charge is -2.28. The molecule has 1 heterocycles. The quantitative estimate of drug-likeness (QED) is 0.544. The van der Waals surface area contributed by atoms with E-state index in [1.54, 1.807) is 49.9 Å². The van der Waals surface area contributed by atoms with Gasteiger partial charge in [-0.05, 0) is 62.6 Å². The van der Waals surface area contributed by atoms with Crippen molar-refractivity contribution in [3.63, 3.8) is 0 Å². The van der Waals surface area contributed by atoms with Gasteiger partial charge in [0.05, 0.1) is 19.8 Å². The second kappa shape index (κ2) is 10.9. The van der Waals surface area contributed by atoms with Gasteiger partial charge in [0.1, 0.15) is 11.4 Å². The van der Waals surface area contributed by atoms with Gasteiger partial charge in [0.2, 0.25) is 0 Å². The molecule has 1 fully saturated rings. The van der Waals surface area contributed by atoms with Crippen molar-refractivity contribution >= 4 is 12.0 Å². The van der Waals surface area contributed by atoms with Gasteiger partial charge in [-0.2, -0.15) is 0 Å². The number of nitrogens with zero attached hydrogens (tertiary/aromatic N) is 2. The van der Waals surface area contributed by atoms with Gasteiger partial charge in [0.15, 0.2) is 5.75 Å². The molecule has 1 aliphatic heterocycles. The van der Waals surface area contributed by atoms with E-state index in [1.165, 1.54) is 18.2 Å². The molecule has 2 aromatic carbocycles. The minimum absolute atomic E-state index is 0.0749. The summed E-state index contributed by atoms with van der Waals surface area (Å²) in [7, 11) is 0. The first-order valence-electron chi connectivity index (χ1n) is 11.5. The van der Waals surface area contributed by atoms with Crippen molar-refractivity contribution in [2.75, 3.05) is 32.8 Å². The molecular formula is C26H33FN2O5. The molecule has 7 nitrogen and oxygen atoms in total. The molecule has 0 aromatic heterocycles. The average Bonchev–Trinajstić information content (AvgIpc) is 2.78. The highest BCUT2D eigenvalue weighted by Gasteiger charge is 2.25.